The van der Waals surface area contributed by atoms with Crippen molar-refractivity contribution in [1.29, 1.82) is 0 Å². The molecule has 5 heteroatoms. The van der Waals surface area contributed by atoms with E-state index in [1.54, 1.807) is 24.0 Å². The lowest BCUT2D eigenvalue weighted by molar-refractivity contribution is -0.141. The van der Waals surface area contributed by atoms with Gasteiger partial charge in [-0.1, -0.05) is 48.0 Å². The van der Waals surface area contributed by atoms with Gasteiger partial charge < -0.3 is 9.64 Å². The van der Waals surface area contributed by atoms with Crippen molar-refractivity contribution in [2.24, 2.45) is 0 Å². The number of hydrogen-bond acceptors (Lipinski definition) is 4. The molecule has 0 saturated carbocycles. The van der Waals surface area contributed by atoms with E-state index in [1.165, 1.54) is 5.56 Å². The van der Waals surface area contributed by atoms with Crippen LogP contribution in [0.1, 0.15) is 28.4 Å². The Morgan fingerprint density at radius 3 is 2.22 bits per heavy atom. The molecule has 142 valence electrons. The van der Waals surface area contributed by atoms with E-state index in [0.29, 0.717) is 18.7 Å². The maximum absolute atomic E-state index is 12.6. The predicted octanol–water partition coefficient (Wildman–Crippen LogP) is 2.88. The molecule has 1 aliphatic heterocycles. The zero-order chi connectivity index (χ0) is 19.2. The van der Waals surface area contributed by atoms with E-state index in [2.05, 4.69) is 17.0 Å². The second-order valence-electron chi connectivity index (χ2n) is 7.00. The molecule has 1 atom stereocenters. The van der Waals surface area contributed by atoms with Gasteiger partial charge in [0.15, 0.2) is 6.10 Å². The summed E-state index contributed by atoms with van der Waals surface area (Å²) in [4.78, 5) is 28.9. The molecule has 5 nitrogen and oxygen atoms in total. The van der Waals surface area contributed by atoms with Crippen molar-refractivity contribution in [1.82, 2.24) is 9.80 Å². The quantitative estimate of drug-likeness (QED) is 0.764. The Morgan fingerprint density at radius 2 is 1.59 bits per heavy atom. The van der Waals surface area contributed by atoms with Gasteiger partial charge in [-0.25, -0.2) is 4.79 Å². The minimum atomic E-state index is -0.778. The maximum Gasteiger partial charge on any atom is 0.338 e. The van der Waals surface area contributed by atoms with E-state index < -0.39 is 12.1 Å². The second kappa shape index (κ2) is 8.82. The Bertz CT molecular complexity index is 766. The van der Waals surface area contributed by atoms with Gasteiger partial charge in [0.2, 0.25) is 0 Å². The average Bonchev–Trinajstić information content (AvgIpc) is 2.69. The van der Waals surface area contributed by atoms with Crippen LogP contribution in [0.5, 0.6) is 0 Å². The summed E-state index contributed by atoms with van der Waals surface area (Å²) < 4.78 is 5.37. The number of ether oxygens (including phenoxy) is 1. The molecule has 0 aliphatic carbocycles. The largest absolute Gasteiger partial charge is 0.449 e. The van der Waals surface area contributed by atoms with E-state index in [-0.39, 0.29) is 5.91 Å². The lowest BCUT2D eigenvalue weighted by atomic mass is 10.1. The van der Waals surface area contributed by atoms with Gasteiger partial charge in [0.05, 0.1) is 5.56 Å². The topological polar surface area (TPSA) is 49.9 Å². The van der Waals surface area contributed by atoms with Gasteiger partial charge in [0.1, 0.15) is 0 Å². The fourth-order valence-corrected chi connectivity index (χ4v) is 3.19. The minimum Gasteiger partial charge on any atom is -0.449 e. The third-order valence-electron chi connectivity index (χ3n) is 4.85. The Hall–Kier alpha value is -2.66. The number of carbonyl (C=O) groups is 2. The SMILES string of the molecule is Cc1ccc(C(=O)OC(C)C(=O)N2CCN(Cc3ccccc3)CC2)cc1. The van der Waals surface area contributed by atoms with Gasteiger partial charge >= 0.3 is 5.97 Å². The third-order valence-corrected chi connectivity index (χ3v) is 4.85. The Kier molecular flexibility index (Phi) is 6.24. The Morgan fingerprint density at radius 1 is 0.963 bits per heavy atom. The maximum atomic E-state index is 12.6. The highest BCUT2D eigenvalue weighted by Crippen LogP contribution is 2.12. The number of hydrogen-bond donors (Lipinski definition) is 0. The molecule has 1 heterocycles. The molecule has 2 aromatic rings. The number of carbonyl (C=O) groups excluding carboxylic acids is 2. The molecule has 0 bridgehead atoms. The van der Waals surface area contributed by atoms with E-state index in [9.17, 15) is 9.59 Å². The minimum absolute atomic E-state index is 0.130. The first-order valence-corrected chi connectivity index (χ1v) is 9.35. The summed E-state index contributed by atoms with van der Waals surface area (Å²) in [6.07, 6.45) is -0.778. The first-order chi connectivity index (χ1) is 13.0. The van der Waals surface area contributed by atoms with Crippen LogP contribution in [0.25, 0.3) is 0 Å². The molecule has 1 fully saturated rings. The molecule has 0 N–H and O–H groups in total. The highest BCUT2D eigenvalue weighted by molar-refractivity contribution is 5.92. The fraction of sp³-hybridized carbons (Fsp3) is 0.364. The van der Waals surface area contributed by atoms with Gasteiger partial charge in [-0.05, 0) is 31.5 Å². The van der Waals surface area contributed by atoms with Crippen LogP contribution < -0.4 is 0 Å². The van der Waals surface area contributed by atoms with Crippen molar-refractivity contribution in [3.8, 4) is 0 Å². The van der Waals surface area contributed by atoms with Gasteiger partial charge in [0, 0.05) is 32.7 Å². The summed E-state index contributed by atoms with van der Waals surface area (Å²) in [6, 6.07) is 17.5. The van der Waals surface area contributed by atoms with E-state index >= 15 is 0 Å². The highest BCUT2D eigenvalue weighted by atomic mass is 16.5. The molecule has 1 unspecified atom stereocenters. The number of rotatable bonds is 5. The summed E-state index contributed by atoms with van der Waals surface area (Å²) >= 11 is 0. The summed E-state index contributed by atoms with van der Waals surface area (Å²) in [5.74, 6) is -0.589. The van der Waals surface area contributed by atoms with Crippen LogP contribution in [0.15, 0.2) is 54.6 Å². The Balaban J connectivity index is 1.48. The summed E-state index contributed by atoms with van der Waals surface area (Å²) in [7, 11) is 0. The second-order valence-corrected chi connectivity index (χ2v) is 7.00. The average molecular weight is 366 g/mol. The lowest BCUT2D eigenvalue weighted by Crippen LogP contribution is -2.51. The van der Waals surface area contributed by atoms with Crippen molar-refractivity contribution in [2.75, 3.05) is 26.2 Å². The van der Waals surface area contributed by atoms with Crippen molar-refractivity contribution in [3.63, 3.8) is 0 Å². The van der Waals surface area contributed by atoms with Gasteiger partial charge in [-0.3, -0.25) is 9.69 Å². The van der Waals surface area contributed by atoms with Crippen LogP contribution in [-0.4, -0.2) is 54.0 Å². The summed E-state index contributed by atoms with van der Waals surface area (Å²) in [5, 5.41) is 0. The van der Waals surface area contributed by atoms with Gasteiger partial charge in [0.25, 0.3) is 5.91 Å². The number of amides is 1. The van der Waals surface area contributed by atoms with Crippen LogP contribution in [0.4, 0.5) is 0 Å². The smallest absolute Gasteiger partial charge is 0.338 e. The molecular formula is C22H26N2O3. The van der Waals surface area contributed by atoms with E-state index in [1.807, 2.05) is 37.3 Å². The number of piperazine rings is 1. The predicted molar refractivity (Wildman–Crippen MR) is 104 cm³/mol. The molecule has 1 aliphatic rings. The zero-order valence-corrected chi connectivity index (χ0v) is 15.9. The molecule has 1 saturated heterocycles. The highest BCUT2D eigenvalue weighted by Gasteiger charge is 2.27. The van der Waals surface area contributed by atoms with Crippen LogP contribution >= 0.6 is 0 Å². The third kappa shape index (κ3) is 5.17. The van der Waals surface area contributed by atoms with Crippen LogP contribution in [0.3, 0.4) is 0 Å². The number of nitrogens with zero attached hydrogens (tertiary/aromatic N) is 2. The molecule has 0 spiro atoms. The zero-order valence-electron chi connectivity index (χ0n) is 15.9. The van der Waals surface area contributed by atoms with Crippen molar-refractivity contribution in [3.05, 3.63) is 71.3 Å². The van der Waals surface area contributed by atoms with Crippen LogP contribution in [0.2, 0.25) is 0 Å². The van der Waals surface area contributed by atoms with Crippen molar-refractivity contribution in [2.45, 2.75) is 26.5 Å². The number of aryl methyl sites for hydroxylation is 1. The molecule has 0 radical (unpaired) electrons. The van der Waals surface area contributed by atoms with Crippen LogP contribution in [0, 0.1) is 6.92 Å². The van der Waals surface area contributed by atoms with Gasteiger partial charge in [-0.15, -0.1) is 0 Å². The molecule has 2 aromatic carbocycles. The van der Waals surface area contributed by atoms with E-state index in [0.717, 1.165) is 25.2 Å². The summed E-state index contributed by atoms with van der Waals surface area (Å²) in [6.45, 7) is 7.43. The van der Waals surface area contributed by atoms with Crippen molar-refractivity contribution >= 4 is 11.9 Å². The standard InChI is InChI=1S/C22H26N2O3/c1-17-8-10-20(11-9-17)22(26)27-18(2)21(25)24-14-12-23(13-15-24)16-19-6-4-3-5-7-19/h3-11,18H,12-16H2,1-2H3. The fourth-order valence-electron chi connectivity index (χ4n) is 3.19. The Labute approximate surface area is 160 Å². The van der Waals surface area contributed by atoms with Gasteiger partial charge in [-0.2, -0.15) is 0 Å². The lowest BCUT2D eigenvalue weighted by Gasteiger charge is -2.35. The molecular weight excluding hydrogens is 340 g/mol. The summed E-state index contributed by atoms with van der Waals surface area (Å²) in [5.41, 5.74) is 2.81. The number of benzene rings is 2. The first kappa shape index (κ1) is 19.1. The van der Waals surface area contributed by atoms with Crippen molar-refractivity contribution < 1.29 is 14.3 Å². The normalized spacial score (nSPS) is 16.0. The molecule has 27 heavy (non-hydrogen) atoms. The molecule has 1 amide bonds. The monoisotopic (exact) mass is 366 g/mol. The number of esters is 1. The first-order valence-electron chi connectivity index (χ1n) is 9.35. The van der Waals surface area contributed by atoms with Crippen LogP contribution in [-0.2, 0) is 16.1 Å². The molecule has 3 rings (SSSR count). The van der Waals surface area contributed by atoms with E-state index in [4.69, 9.17) is 4.74 Å². The molecule has 0 aromatic heterocycles.